The normalized spacial score (nSPS) is 11.1. The van der Waals surface area contributed by atoms with E-state index in [4.69, 9.17) is 5.11 Å². The van der Waals surface area contributed by atoms with Crippen LogP contribution >= 0.6 is 11.3 Å². The fourth-order valence-electron chi connectivity index (χ4n) is 4.03. The number of carboxylic acid groups (broad SMARTS) is 1. The van der Waals surface area contributed by atoms with Gasteiger partial charge in [-0.1, -0.05) is 36.4 Å². The van der Waals surface area contributed by atoms with Gasteiger partial charge in [0, 0.05) is 28.6 Å². The molecule has 1 heterocycles. The van der Waals surface area contributed by atoms with E-state index in [9.17, 15) is 14.7 Å². The van der Waals surface area contributed by atoms with E-state index < -0.39 is 5.97 Å². The van der Waals surface area contributed by atoms with Crippen molar-refractivity contribution in [3.8, 4) is 5.75 Å². The number of phenolic OH excluding ortho intramolecular Hbond substituents is 1. The number of carboxylic acids is 1. The van der Waals surface area contributed by atoms with Gasteiger partial charge in [-0.2, -0.15) is 0 Å². The zero-order chi connectivity index (χ0) is 23.7. The van der Waals surface area contributed by atoms with Crippen molar-refractivity contribution in [3.63, 3.8) is 0 Å². The quantitative estimate of drug-likeness (QED) is 0.287. The van der Waals surface area contributed by atoms with Crippen molar-refractivity contribution in [1.82, 2.24) is 5.32 Å². The zero-order valence-electron chi connectivity index (χ0n) is 18.1. The van der Waals surface area contributed by atoms with Gasteiger partial charge in [0.25, 0.3) is 5.91 Å². The molecular weight excluding hydrogens is 446 g/mol. The first-order chi connectivity index (χ1) is 16.5. The van der Waals surface area contributed by atoms with Crippen LogP contribution < -0.4 is 5.32 Å². The van der Waals surface area contributed by atoms with Crippen LogP contribution in [0.2, 0.25) is 0 Å². The molecule has 0 aliphatic rings. The summed E-state index contributed by atoms with van der Waals surface area (Å²) >= 11 is 1.69. The fourth-order valence-corrected chi connectivity index (χ4v) is 4.80. The van der Waals surface area contributed by atoms with Crippen LogP contribution in [-0.2, 0) is 13.0 Å². The lowest BCUT2D eigenvalue weighted by Crippen LogP contribution is -2.22. The highest BCUT2D eigenvalue weighted by atomic mass is 32.1. The number of thiophene rings is 1. The van der Waals surface area contributed by atoms with Crippen LogP contribution in [0.5, 0.6) is 5.75 Å². The molecular formula is C28H21NO4S. The van der Waals surface area contributed by atoms with Gasteiger partial charge in [0.2, 0.25) is 0 Å². The standard InChI is InChI=1S/C28H21NO4S/c30-26-22(13-17-1-4-20(5-2-17)28(32)33)8-6-19-7-9-23(15-24(19)26)27(31)29-16-18-3-10-25-21(14-18)11-12-34-25/h1-12,14-15,30H,13,16H2,(H,29,31)(H,32,33). The van der Waals surface area contributed by atoms with Crippen LogP contribution in [0, 0.1) is 0 Å². The smallest absolute Gasteiger partial charge is 0.335 e. The number of rotatable bonds is 6. The molecule has 0 bridgehead atoms. The number of nitrogens with one attached hydrogen (secondary N) is 1. The molecule has 5 aromatic rings. The number of phenols is 1. The zero-order valence-corrected chi connectivity index (χ0v) is 18.9. The van der Waals surface area contributed by atoms with Crippen molar-refractivity contribution in [3.05, 3.63) is 112 Å². The summed E-state index contributed by atoms with van der Waals surface area (Å²) in [6.07, 6.45) is 0.448. The van der Waals surface area contributed by atoms with E-state index in [0.29, 0.717) is 29.5 Å². The Morgan fingerprint density at radius 2 is 1.53 bits per heavy atom. The van der Waals surface area contributed by atoms with E-state index in [1.54, 1.807) is 47.7 Å². The van der Waals surface area contributed by atoms with E-state index in [1.165, 1.54) is 4.70 Å². The Bertz CT molecular complexity index is 1540. The van der Waals surface area contributed by atoms with Crippen LogP contribution in [0.25, 0.3) is 20.9 Å². The minimum atomic E-state index is -0.974. The first-order valence-corrected chi connectivity index (χ1v) is 11.7. The highest BCUT2D eigenvalue weighted by molar-refractivity contribution is 7.17. The molecule has 0 fully saturated rings. The van der Waals surface area contributed by atoms with Crippen molar-refractivity contribution in [1.29, 1.82) is 0 Å². The first kappa shape index (κ1) is 21.7. The minimum Gasteiger partial charge on any atom is -0.507 e. The van der Waals surface area contributed by atoms with Crippen molar-refractivity contribution in [2.24, 2.45) is 0 Å². The Labute approximate surface area is 199 Å². The van der Waals surface area contributed by atoms with Gasteiger partial charge in [0.15, 0.2) is 0 Å². The minimum absolute atomic E-state index is 0.123. The summed E-state index contributed by atoms with van der Waals surface area (Å²) in [6, 6.07) is 23.8. The lowest BCUT2D eigenvalue weighted by molar-refractivity contribution is 0.0696. The van der Waals surface area contributed by atoms with Crippen molar-refractivity contribution in [2.75, 3.05) is 0 Å². The molecule has 0 saturated heterocycles. The Balaban J connectivity index is 1.35. The maximum Gasteiger partial charge on any atom is 0.335 e. The topological polar surface area (TPSA) is 86.6 Å². The first-order valence-electron chi connectivity index (χ1n) is 10.8. The molecule has 6 heteroatoms. The summed E-state index contributed by atoms with van der Waals surface area (Å²) in [5, 5.41) is 27.6. The highest BCUT2D eigenvalue weighted by Gasteiger charge is 2.12. The summed E-state index contributed by atoms with van der Waals surface area (Å²) in [5.41, 5.74) is 3.31. The number of hydrogen-bond donors (Lipinski definition) is 3. The van der Waals surface area contributed by atoms with Gasteiger partial charge in [0.05, 0.1) is 5.56 Å². The van der Waals surface area contributed by atoms with Crippen LogP contribution in [0.1, 0.15) is 37.4 Å². The molecule has 0 atom stereocenters. The third kappa shape index (κ3) is 4.36. The Morgan fingerprint density at radius 1 is 0.794 bits per heavy atom. The van der Waals surface area contributed by atoms with E-state index >= 15 is 0 Å². The molecule has 1 amide bonds. The number of aromatic hydroxyl groups is 1. The van der Waals surface area contributed by atoms with Crippen LogP contribution in [0.4, 0.5) is 0 Å². The lowest BCUT2D eigenvalue weighted by atomic mass is 9.98. The molecule has 0 unspecified atom stereocenters. The molecule has 5 nitrogen and oxygen atoms in total. The average molecular weight is 468 g/mol. The second kappa shape index (κ2) is 9.00. The maximum atomic E-state index is 12.8. The van der Waals surface area contributed by atoms with Crippen molar-refractivity contribution in [2.45, 2.75) is 13.0 Å². The summed E-state index contributed by atoms with van der Waals surface area (Å²) in [6.45, 7) is 0.418. The highest BCUT2D eigenvalue weighted by Crippen LogP contribution is 2.31. The summed E-state index contributed by atoms with van der Waals surface area (Å²) in [7, 11) is 0. The van der Waals surface area contributed by atoms with Crippen LogP contribution in [0.15, 0.2) is 84.2 Å². The van der Waals surface area contributed by atoms with Gasteiger partial charge in [-0.05, 0) is 75.3 Å². The van der Waals surface area contributed by atoms with Crippen molar-refractivity contribution < 1.29 is 19.8 Å². The monoisotopic (exact) mass is 467 g/mol. The SMILES string of the molecule is O=C(O)c1ccc(Cc2ccc3ccc(C(=O)NCc4ccc5sccc5c4)cc3c2O)cc1. The molecule has 0 spiro atoms. The second-order valence-electron chi connectivity index (χ2n) is 8.16. The number of hydrogen-bond acceptors (Lipinski definition) is 4. The van der Waals surface area contributed by atoms with Crippen LogP contribution in [0.3, 0.4) is 0 Å². The van der Waals surface area contributed by atoms with Gasteiger partial charge in [-0.3, -0.25) is 4.79 Å². The van der Waals surface area contributed by atoms with E-state index in [2.05, 4.69) is 23.5 Å². The average Bonchev–Trinajstić information content (AvgIpc) is 3.32. The van der Waals surface area contributed by atoms with E-state index in [1.807, 2.05) is 29.6 Å². The van der Waals surface area contributed by atoms with Gasteiger partial charge in [-0.25, -0.2) is 4.79 Å². The van der Waals surface area contributed by atoms with Gasteiger partial charge < -0.3 is 15.5 Å². The van der Waals surface area contributed by atoms with E-state index in [0.717, 1.165) is 21.9 Å². The third-order valence-electron chi connectivity index (χ3n) is 5.90. The number of fused-ring (bicyclic) bond motifs is 2. The largest absolute Gasteiger partial charge is 0.507 e. The number of amides is 1. The Morgan fingerprint density at radius 3 is 2.32 bits per heavy atom. The van der Waals surface area contributed by atoms with Crippen LogP contribution in [-0.4, -0.2) is 22.1 Å². The number of aromatic carboxylic acids is 1. The summed E-state index contributed by atoms with van der Waals surface area (Å²) in [5.74, 6) is -1.06. The molecule has 0 aliphatic carbocycles. The molecule has 4 aromatic carbocycles. The number of benzene rings is 4. The predicted molar refractivity (Wildman–Crippen MR) is 135 cm³/mol. The second-order valence-corrected chi connectivity index (χ2v) is 9.11. The van der Waals surface area contributed by atoms with Gasteiger partial charge >= 0.3 is 5.97 Å². The maximum absolute atomic E-state index is 12.8. The molecule has 0 radical (unpaired) electrons. The molecule has 34 heavy (non-hydrogen) atoms. The predicted octanol–water partition coefficient (Wildman–Crippen LogP) is 5.98. The fraction of sp³-hybridized carbons (Fsp3) is 0.0714. The number of carbonyl (C=O) groups is 2. The Kier molecular flexibility index (Phi) is 5.74. The summed E-state index contributed by atoms with van der Waals surface area (Å²) < 4.78 is 1.22. The molecule has 5 rings (SSSR count). The number of carbonyl (C=O) groups excluding carboxylic acids is 1. The summed E-state index contributed by atoms with van der Waals surface area (Å²) in [4.78, 5) is 23.9. The van der Waals surface area contributed by atoms with Gasteiger partial charge in [-0.15, -0.1) is 11.3 Å². The van der Waals surface area contributed by atoms with Crippen molar-refractivity contribution >= 4 is 44.1 Å². The lowest BCUT2D eigenvalue weighted by Gasteiger charge is -2.11. The third-order valence-corrected chi connectivity index (χ3v) is 6.80. The van der Waals surface area contributed by atoms with Gasteiger partial charge in [0.1, 0.15) is 5.75 Å². The molecule has 1 aromatic heterocycles. The Hall–Kier alpha value is -4.16. The molecule has 168 valence electrons. The molecule has 3 N–H and O–H groups in total. The van der Waals surface area contributed by atoms with E-state index in [-0.39, 0.29) is 17.2 Å². The molecule has 0 saturated carbocycles. The molecule has 0 aliphatic heterocycles.